The van der Waals surface area contributed by atoms with Crippen molar-refractivity contribution < 1.29 is 24.6 Å². The van der Waals surface area contributed by atoms with Gasteiger partial charge in [0.25, 0.3) is 0 Å². The van der Waals surface area contributed by atoms with E-state index >= 15 is 0 Å². The molecular formula is C19H26ClN3O5. The zero-order chi connectivity index (χ0) is 21.1. The first-order valence-corrected chi connectivity index (χ1v) is 9.37. The highest BCUT2D eigenvalue weighted by Gasteiger charge is 2.44. The number of nitrogens with zero attached hydrogens (tertiary/aromatic N) is 1. The quantitative estimate of drug-likeness (QED) is 0.586. The Morgan fingerprint density at radius 1 is 1.25 bits per heavy atom. The van der Waals surface area contributed by atoms with Gasteiger partial charge in [-0.3, -0.25) is 9.59 Å². The number of hydrogen-bond acceptors (Lipinski definition) is 4. The van der Waals surface area contributed by atoms with Gasteiger partial charge in [0.2, 0.25) is 11.8 Å². The smallest absolute Gasteiger partial charge is 0.405 e. The van der Waals surface area contributed by atoms with E-state index < -0.39 is 41.5 Å². The van der Waals surface area contributed by atoms with Crippen molar-refractivity contribution in [2.45, 2.75) is 51.9 Å². The number of benzene rings is 1. The van der Waals surface area contributed by atoms with Crippen LogP contribution in [-0.4, -0.2) is 57.8 Å². The van der Waals surface area contributed by atoms with Crippen molar-refractivity contribution in [1.29, 1.82) is 0 Å². The minimum absolute atomic E-state index is 0.0221. The van der Waals surface area contributed by atoms with Gasteiger partial charge in [0.15, 0.2) is 0 Å². The van der Waals surface area contributed by atoms with E-state index in [0.717, 1.165) is 5.56 Å². The number of carbonyl (C=O) groups excluding carboxylic acids is 2. The Balaban J connectivity index is 2.11. The molecule has 0 aliphatic carbocycles. The Bertz CT molecular complexity index is 732. The van der Waals surface area contributed by atoms with Gasteiger partial charge in [0.1, 0.15) is 12.1 Å². The maximum atomic E-state index is 13.0. The summed E-state index contributed by atoms with van der Waals surface area (Å²) >= 11 is 5.84. The van der Waals surface area contributed by atoms with Gasteiger partial charge in [-0.25, -0.2) is 4.79 Å². The fourth-order valence-corrected chi connectivity index (χ4v) is 3.28. The number of carbonyl (C=O) groups is 3. The Labute approximate surface area is 168 Å². The van der Waals surface area contributed by atoms with Crippen LogP contribution in [0.4, 0.5) is 4.79 Å². The van der Waals surface area contributed by atoms with Gasteiger partial charge in [0.05, 0.1) is 6.10 Å². The van der Waals surface area contributed by atoms with Gasteiger partial charge in [-0.2, -0.15) is 0 Å². The van der Waals surface area contributed by atoms with Gasteiger partial charge in [-0.1, -0.05) is 44.5 Å². The molecule has 1 aromatic carbocycles. The van der Waals surface area contributed by atoms with Gasteiger partial charge >= 0.3 is 6.09 Å². The van der Waals surface area contributed by atoms with Crippen LogP contribution in [0.2, 0.25) is 5.02 Å². The zero-order valence-electron chi connectivity index (χ0n) is 16.1. The van der Waals surface area contributed by atoms with Crippen LogP contribution < -0.4 is 10.6 Å². The number of likely N-dealkylation sites (tertiary alicyclic amines) is 1. The normalized spacial score (nSPS) is 20.5. The molecule has 3 amide bonds. The number of aliphatic hydroxyl groups is 1. The first-order chi connectivity index (χ1) is 13.0. The van der Waals surface area contributed by atoms with E-state index in [1.807, 2.05) is 0 Å². The second-order valence-electron chi connectivity index (χ2n) is 7.99. The molecule has 0 radical (unpaired) electrons. The molecule has 8 nitrogen and oxygen atoms in total. The lowest BCUT2D eigenvalue weighted by Crippen LogP contribution is -2.57. The fourth-order valence-electron chi connectivity index (χ4n) is 3.15. The first-order valence-electron chi connectivity index (χ1n) is 8.99. The summed E-state index contributed by atoms with van der Waals surface area (Å²) < 4.78 is 0. The molecule has 0 bridgehead atoms. The molecule has 0 spiro atoms. The molecule has 1 fully saturated rings. The molecule has 1 unspecified atom stereocenters. The number of halogens is 1. The molecule has 1 aromatic rings. The summed E-state index contributed by atoms with van der Waals surface area (Å²) in [6, 6.07) is 5.08. The van der Waals surface area contributed by atoms with Crippen molar-refractivity contribution >= 4 is 29.5 Å². The zero-order valence-corrected chi connectivity index (χ0v) is 16.9. The minimum Gasteiger partial charge on any atom is -0.465 e. The van der Waals surface area contributed by atoms with Gasteiger partial charge in [0, 0.05) is 24.5 Å². The summed E-state index contributed by atoms with van der Waals surface area (Å²) in [5, 5.41) is 24.7. The Kier molecular flexibility index (Phi) is 6.90. The molecule has 1 saturated heterocycles. The summed E-state index contributed by atoms with van der Waals surface area (Å²) in [5.74, 6) is -0.930. The third-order valence-electron chi connectivity index (χ3n) is 4.63. The van der Waals surface area contributed by atoms with E-state index in [1.165, 1.54) is 4.90 Å². The van der Waals surface area contributed by atoms with Crippen molar-refractivity contribution in [1.82, 2.24) is 15.5 Å². The largest absolute Gasteiger partial charge is 0.465 e. The predicted molar refractivity (Wildman–Crippen MR) is 104 cm³/mol. The van der Waals surface area contributed by atoms with E-state index in [9.17, 15) is 19.5 Å². The molecule has 28 heavy (non-hydrogen) atoms. The monoisotopic (exact) mass is 411 g/mol. The topological polar surface area (TPSA) is 119 Å². The van der Waals surface area contributed by atoms with Crippen molar-refractivity contribution in [3.05, 3.63) is 34.9 Å². The molecular weight excluding hydrogens is 386 g/mol. The number of β-amino-alcohol motifs (C(OH)–C–C–N with tert-alkyl or cyclic N) is 1. The van der Waals surface area contributed by atoms with Crippen LogP contribution in [0.1, 0.15) is 32.8 Å². The standard InChI is InChI=1S/C19H26ClN3O5/c1-19(2,3)15(22-18(27)28)17(26)23-10-13(24)8-14(23)16(25)21-9-11-4-6-12(20)7-5-11/h4-7,13-15,22,24H,8-10H2,1-3H3,(H,21,25)(H,27,28)/t13-,14+,15?/m1/s1. The van der Waals surface area contributed by atoms with Crippen molar-refractivity contribution in [2.75, 3.05) is 6.54 Å². The molecule has 0 aromatic heterocycles. The minimum atomic E-state index is -1.32. The number of nitrogens with one attached hydrogen (secondary N) is 2. The molecule has 4 N–H and O–H groups in total. The predicted octanol–water partition coefficient (Wildman–Crippen LogP) is 1.60. The highest BCUT2D eigenvalue weighted by Crippen LogP contribution is 2.26. The van der Waals surface area contributed by atoms with Gasteiger partial charge in [-0.05, 0) is 23.1 Å². The lowest BCUT2D eigenvalue weighted by molar-refractivity contribution is -0.142. The number of hydrogen-bond donors (Lipinski definition) is 4. The third kappa shape index (κ3) is 5.59. The van der Waals surface area contributed by atoms with Crippen LogP contribution in [0, 0.1) is 5.41 Å². The molecule has 154 valence electrons. The van der Waals surface area contributed by atoms with E-state index in [0.29, 0.717) is 5.02 Å². The highest BCUT2D eigenvalue weighted by atomic mass is 35.5. The summed E-state index contributed by atoms with van der Waals surface area (Å²) in [4.78, 5) is 38.0. The fraction of sp³-hybridized carbons (Fsp3) is 0.526. The molecule has 1 aliphatic heterocycles. The van der Waals surface area contributed by atoms with E-state index in [2.05, 4.69) is 10.6 Å². The van der Waals surface area contributed by atoms with Crippen molar-refractivity contribution in [3.8, 4) is 0 Å². The number of amides is 3. The van der Waals surface area contributed by atoms with Gasteiger partial charge in [-0.15, -0.1) is 0 Å². The van der Waals surface area contributed by atoms with E-state index in [4.69, 9.17) is 16.7 Å². The third-order valence-corrected chi connectivity index (χ3v) is 4.88. The SMILES string of the molecule is CC(C)(C)C(NC(=O)O)C(=O)N1C[C@H](O)C[C@H]1C(=O)NCc1ccc(Cl)cc1. The average molecular weight is 412 g/mol. The summed E-state index contributed by atoms with van der Waals surface area (Å²) in [7, 11) is 0. The van der Waals surface area contributed by atoms with E-state index in [1.54, 1.807) is 45.0 Å². The van der Waals surface area contributed by atoms with Crippen LogP contribution in [0.25, 0.3) is 0 Å². The van der Waals surface area contributed by atoms with Crippen LogP contribution in [0.3, 0.4) is 0 Å². The lowest BCUT2D eigenvalue weighted by Gasteiger charge is -2.34. The molecule has 2 rings (SSSR count). The second-order valence-corrected chi connectivity index (χ2v) is 8.43. The van der Waals surface area contributed by atoms with Crippen LogP contribution in [0.5, 0.6) is 0 Å². The highest BCUT2D eigenvalue weighted by molar-refractivity contribution is 6.30. The molecule has 1 aliphatic rings. The van der Waals surface area contributed by atoms with Gasteiger partial charge < -0.3 is 25.7 Å². The Morgan fingerprint density at radius 2 is 1.86 bits per heavy atom. The van der Waals surface area contributed by atoms with Crippen molar-refractivity contribution in [2.24, 2.45) is 5.41 Å². The maximum Gasteiger partial charge on any atom is 0.405 e. The van der Waals surface area contributed by atoms with Crippen molar-refractivity contribution in [3.63, 3.8) is 0 Å². The molecule has 1 heterocycles. The number of carboxylic acid groups (broad SMARTS) is 1. The Morgan fingerprint density at radius 3 is 2.39 bits per heavy atom. The summed E-state index contributed by atoms with van der Waals surface area (Å²) in [6.45, 7) is 5.42. The lowest BCUT2D eigenvalue weighted by atomic mass is 9.85. The molecule has 0 saturated carbocycles. The number of aliphatic hydroxyl groups excluding tert-OH is 1. The van der Waals surface area contributed by atoms with Crippen LogP contribution in [0.15, 0.2) is 24.3 Å². The van der Waals surface area contributed by atoms with E-state index in [-0.39, 0.29) is 19.5 Å². The summed E-state index contributed by atoms with van der Waals surface area (Å²) in [5.41, 5.74) is 0.141. The molecule has 3 atom stereocenters. The maximum absolute atomic E-state index is 13.0. The molecule has 9 heteroatoms. The van der Waals surface area contributed by atoms with Crippen LogP contribution >= 0.6 is 11.6 Å². The van der Waals surface area contributed by atoms with Crippen LogP contribution in [-0.2, 0) is 16.1 Å². The Hall–Kier alpha value is -2.32. The number of rotatable bonds is 5. The second kappa shape index (κ2) is 8.79. The average Bonchev–Trinajstić information content (AvgIpc) is 2.99. The summed E-state index contributed by atoms with van der Waals surface area (Å²) in [6.07, 6.45) is -2.07. The first kappa shape index (κ1) is 22.0.